The SMILES string of the molecule is COc1cccc(CN2CCc3[nH]c(=O)c(C#N)cc3C2)c1. The number of nitriles is 1. The number of aromatic nitrogens is 1. The van der Waals surface area contributed by atoms with E-state index in [-0.39, 0.29) is 11.1 Å². The molecule has 22 heavy (non-hydrogen) atoms. The Morgan fingerprint density at radius 1 is 1.41 bits per heavy atom. The van der Waals surface area contributed by atoms with Crippen LogP contribution in [-0.2, 0) is 19.5 Å². The van der Waals surface area contributed by atoms with Gasteiger partial charge in [-0.3, -0.25) is 9.69 Å². The molecule has 0 unspecified atom stereocenters. The molecule has 0 aliphatic carbocycles. The molecule has 1 aliphatic heterocycles. The molecule has 0 atom stereocenters. The molecule has 2 heterocycles. The van der Waals surface area contributed by atoms with Crippen molar-refractivity contribution in [1.29, 1.82) is 5.26 Å². The first-order valence-corrected chi connectivity index (χ1v) is 7.20. The van der Waals surface area contributed by atoms with Crippen LogP contribution in [-0.4, -0.2) is 23.5 Å². The summed E-state index contributed by atoms with van der Waals surface area (Å²) in [5.74, 6) is 0.853. The number of pyridine rings is 1. The lowest BCUT2D eigenvalue weighted by Crippen LogP contribution is -2.32. The second kappa shape index (κ2) is 6.04. The first kappa shape index (κ1) is 14.4. The number of nitrogens with zero attached hydrogens (tertiary/aromatic N) is 2. The van der Waals surface area contributed by atoms with Crippen LogP contribution < -0.4 is 10.3 Å². The lowest BCUT2D eigenvalue weighted by Gasteiger charge is -2.28. The van der Waals surface area contributed by atoms with Crippen LogP contribution in [0, 0.1) is 11.3 Å². The van der Waals surface area contributed by atoms with Crippen LogP contribution in [0.3, 0.4) is 0 Å². The Kier molecular flexibility index (Phi) is 3.94. The smallest absolute Gasteiger partial charge is 0.266 e. The maximum atomic E-state index is 11.7. The molecule has 0 saturated carbocycles. The number of benzene rings is 1. The lowest BCUT2D eigenvalue weighted by atomic mass is 10.0. The third kappa shape index (κ3) is 2.87. The molecule has 0 bridgehead atoms. The van der Waals surface area contributed by atoms with Gasteiger partial charge in [-0.1, -0.05) is 12.1 Å². The second-order valence-corrected chi connectivity index (χ2v) is 5.44. The minimum atomic E-state index is -0.289. The van der Waals surface area contributed by atoms with Crippen LogP contribution in [0.5, 0.6) is 5.75 Å². The number of hydrogen-bond donors (Lipinski definition) is 1. The van der Waals surface area contributed by atoms with Crippen molar-refractivity contribution in [2.45, 2.75) is 19.5 Å². The van der Waals surface area contributed by atoms with Crippen LogP contribution in [0.2, 0.25) is 0 Å². The number of fused-ring (bicyclic) bond motifs is 1. The summed E-state index contributed by atoms with van der Waals surface area (Å²) in [5.41, 5.74) is 3.06. The van der Waals surface area contributed by atoms with Gasteiger partial charge in [0.15, 0.2) is 0 Å². The van der Waals surface area contributed by atoms with Crippen molar-refractivity contribution in [2.24, 2.45) is 0 Å². The van der Waals surface area contributed by atoms with Crippen molar-refractivity contribution in [2.75, 3.05) is 13.7 Å². The van der Waals surface area contributed by atoms with Crippen LogP contribution in [0.4, 0.5) is 0 Å². The normalized spacial score (nSPS) is 14.2. The van der Waals surface area contributed by atoms with Crippen LogP contribution in [0.15, 0.2) is 35.1 Å². The summed E-state index contributed by atoms with van der Waals surface area (Å²) >= 11 is 0. The summed E-state index contributed by atoms with van der Waals surface area (Å²) in [6, 6.07) is 11.7. The largest absolute Gasteiger partial charge is 0.497 e. The standard InChI is InChI=1S/C17H17N3O2/c1-22-15-4-2-3-12(7-15)10-20-6-5-16-14(11-20)8-13(9-18)17(21)19-16/h2-4,7-8H,5-6,10-11H2,1H3,(H,19,21). The molecular formula is C17H17N3O2. The number of ether oxygens (including phenoxy) is 1. The van der Waals surface area contributed by atoms with E-state index in [1.54, 1.807) is 13.2 Å². The van der Waals surface area contributed by atoms with Gasteiger partial charge in [-0.15, -0.1) is 0 Å². The van der Waals surface area contributed by atoms with Gasteiger partial charge in [0, 0.05) is 31.7 Å². The zero-order valence-corrected chi connectivity index (χ0v) is 12.4. The van der Waals surface area contributed by atoms with Crippen molar-refractivity contribution < 1.29 is 4.74 Å². The number of nitrogens with one attached hydrogen (secondary N) is 1. The third-order valence-electron chi connectivity index (χ3n) is 3.95. The summed E-state index contributed by atoms with van der Waals surface area (Å²) in [5, 5.41) is 8.98. The zero-order chi connectivity index (χ0) is 15.5. The van der Waals surface area contributed by atoms with Crippen molar-refractivity contribution in [3.63, 3.8) is 0 Å². The van der Waals surface area contributed by atoms with Crippen LogP contribution >= 0.6 is 0 Å². The number of aromatic amines is 1. The summed E-state index contributed by atoms with van der Waals surface area (Å²) in [6.07, 6.45) is 0.792. The number of rotatable bonds is 3. The molecule has 0 spiro atoms. The Balaban J connectivity index is 1.79. The minimum Gasteiger partial charge on any atom is -0.497 e. The first-order valence-electron chi connectivity index (χ1n) is 7.20. The molecule has 112 valence electrons. The lowest BCUT2D eigenvalue weighted by molar-refractivity contribution is 0.243. The number of H-pyrrole nitrogens is 1. The van der Waals surface area contributed by atoms with E-state index in [1.807, 2.05) is 24.3 Å². The Hall–Kier alpha value is -2.58. The topological polar surface area (TPSA) is 69.1 Å². The molecule has 2 aromatic rings. The fourth-order valence-corrected chi connectivity index (χ4v) is 2.81. The third-order valence-corrected chi connectivity index (χ3v) is 3.95. The van der Waals surface area contributed by atoms with Gasteiger partial charge in [-0.05, 0) is 29.3 Å². The zero-order valence-electron chi connectivity index (χ0n) is 12.4. The molecule has 0 amide bonds. The summed E-state index contributed by atoms with van der Waals surface area (Å²) in [6.45, 7) is 2.43. The molecule has 1 aromatic heterocycles. The van der Waals surface area contributed by atoms with Crippen molar-refractivity contribution in [3.05, 3.63) is 63.1 Å². The molecule has 0 radical (unpaired) electrons. The van der Waals surface area contributed by atoms with Gasteiger partial charge in [0.25, 0.3) is 5.56 Å². The first-order chi connectivity index (χ1) is 10.7. The molecule has 1 aromatic carbocycles. The summed E-state index contributed by atoms with van der Waals surface area (Å²) in [7, 11) is 1.66. The molecule has 5 heteroatoms. The average Bonchev–Trinajstić information content (AvgIpc) is 2.54. The van der Waals surface area contributed by atoms with Gasteiger partial charge in [-0.2, -0.15) is 5.26 Å². The summed E-state index contributed by atoms with van der Waals surface area (Å²) < 4.78 is 5.25. The van der Waals surface area contributed by atoms with E-state index in [4.69, 9.17) is 10.00 Å². The molecule has 1 N–H and O–H groups in total. The maximum Gasteiger partial charge on any atom is 0.266 e. The van der Waals surface area contributed by atoms with E-state index in [0.717, 1.165) is 43.1 Å². The quantitative estimate of drug-likeness (QED) is 0.937. The van der Waals surface area contributed by atoms with Crippen molar-refractivity contribution in [3.8, 4) is 11.8 Å². The van der Waals surface area contributed by atoms with Gasteiger partial charge < -0.3 is 9.72 Å². The molecule has 0 fully saturated rings. The number of hydrogen-bond acceptors (Lipinski definition) is 4. The van der Waals surface area contributed by atoms with Gasteiger partial charge >= 0.3 is 0 Å². The van der Waals surface area contributed by atoms with Gasteiger partial charge in [0.05, 0.1) is 7.11 Å². The Morgan fingerprint density at radius 2 is 2.27 bits per heavy atom. The predicted molar refractivity (Wildman–Crippen MR) is 82.6 cm³/mol. The van der Waals surface area contributed by atoms with E-state index >= 15 is 0 Å². The van der Waals surface area contributed by atoms with E-state index in [9.17, 15) is 4.79 Å². The molecule has 0 saturated heterocycles. The highest BCUT2D eigenvalue weighted by molar-refractivity contribution is 5.34. The summed E-state index contributed by atoms with van der Waals surface area (Å²) in [4.78, 5) is 16.8. The monoisotopic (exact) mass is 295 g/mol. The minimum absolute atomic E-state index is 0.182. The van der Waals surface area contributed by atoms with E-state index in [2.05, 4.69) is 16.0 Å². The van der Waals surface area contributed by atoms with Crippen LogP contribution in [0.25, 0.3) is 0 Å². The second-order valence-electron chi connectivity index (χ2n) is 5.44. The number of methoxy groups -OCH3 is 1. The van der Waals surface area contributed by atoms with Crippen molar-refractivity contribution in [1.82, 2.24) is 9.88 Å². The van der Waals surface area contributed by atoms with Gasteiger partial charge in [0.1, 0.15) is 17.4 Å². The van der Waals surface area contributed by atoms with E-state index in [0.29, 0.717) is 0 Å². The maximum absolute atomic E-state index is 11.7. The highest BCUT2D eigenvalue weighted by Gasteiger charge is 2.18. The molecule has 5 nitrogen and oxygen atoms in total. The van der Waals surface area contributed by atoms with E-state index in [1.165, 1.54) is 5.56 Å². The molecule has 3 rings (SSSR count). The van der Waals surface area contributed by atoms with Crippen LogP contribution in [0.1, 0.15) is 22.4 Å². The van der Waals surface area contributed by atoms with E-state index < -0.39 is 0 Å². The van der Waals surface area contributed by atoms with Gasteiger partial charge in [-0.25, -0.2) is 0 Å². The van der Waals surface area contributed by atoms with Crippen molar-refractivity contribution >= 4 is 0 Å². The predicted octanol–water partition coefficient (Wildman–Crippen LogP) is 1.81. The highest BCUT2D eigenvalue weighted by atomic mass is 16.5. The Bertz CT molecular complexity index is 789. The molecule has 1 aliphatic rings. The fourth-order valence-electron chi connectivity index (χ4n) is 2.81. The molecular weight excluding hydrogens is 278 g/mol. The van der Waals surface area contributed by atoms with Gasteiger partial charge in [0.2, 0.25) is 0 Å². The highest BCUT2D eigenvalue weighted by Crippen LogP contribution is 2.20. The average molecular weight is 295 g/mol. The Labute approximate surface area is 128 Å². The Morgan fingerprint density at radius 3 is 3.05 bits per heavy atom. The fraction of sp³-hybridized carbons (Fsp3) is 0.294.